The normalized spacial score (nSPS) is 27.2. The van der Waals surface area contributed by atoms with Crippen LogP contribution in [-0.2, 0) is 12.8 Å². The minimum atomic E-state index is 0.420. The third kappa shape index (κ3) is 2.60. The van der Waals surface area contributed by atoms with Gasteiger partial charge in [0.25, 0.3) is 0 Å². The summed E-state index contributed by atoms with van der Waals surface area (Å²) in [7, 11) is 0. The molecule has 0 spiro atoms. The first-order valence-electron chi connectivity index (χ1n) is 8.08. The van der Waals surface area contributed by atoms with Crippen molar-refractivity contribution in [3.05, 3.63) is 22.8 Å². The van der Waals surface area contributed by atoms with Crippen LogP contribution in [0.3, 0.4) is 0 Å². The summed E-state index contributed by atoms with van der Waals surface area (Å²) in [4.78, 5) is 9.74. The highest BCUT2D eigenvalue weighted by atomic mass is 14.9. The summed E-state index contributed by atoms with van der Waals surface area (Å²) >= 11 is 0. The number of rotatable bonds is 4. The molecule has 0 aromatic carbocycles. The second-order valence-corrected chi connectivity index (χ2v) is 7.25. The van der Waals surface area contributed by atoms with Crippen molar-refractivity contribution in [2.45, 2.75) is 59.3 Å². The van der Waals surface area contributed by atoms with Gasteiger partial charge in [-0.25, -0.2) is 9.97 Å². The molecule has 1 aromatic heterocycles. The molecule has 0 saturated heterocycles. The smallest absolute Gasteiger partial charge is 0.132 e. The lowest BCUT2D eigenvalue weighted by molar-refractivity contribution is 0.421. The van der Waals surface area contributed by atoms with E-state index in [2.05, 4.69) is 33.0 Å². The van der Waals surface area contributed by atoms with Crippen molar-refractivity contribution in [2.24, 2.45) is 11.3 Å². The maximum atomic E-state index is 4.91. The summed E-state index contributed by atoms with van der Waals surface area (Å²) in [6, 6.07) is 0. The van der Waals surface area contributed by atoms with E-state index < -0.39 is 0 Å². The summed E-state index contributed by atoms with van der Waals surface area (Å²) in [5, 5.41) is 3.48. The lowest BCUT2D eigenvalue weighted by Gasteiger charge is -2.25. The fraction of sp³-hybridized carbons (Fsp3) is 0.765. The topological polar surface area (TPSA) is 37.8 Å². The van der Waals surface area contributed by atoms with Gasteiger partial charge in [-0.3, -0.25) is 0 Å². The molecule has 3 rings (SSSR count). The molecule has 1 heterocycles. The van der Waals surface area contributed by atoms with E-state index >= 15 is 0 Å². The molecule has 3 nitrogen and oxygen atoms in total. The highest BCUT2D eigenvalue weighted by Crippen LogP contribution is 2.57. The summed E-state index contributed by atoms with van der Waals surface area (Å²) in [6.45, 7) is 11.2. The van der Waals surface area contributed by atoms with E-state index in [4.69, 9.17) is 9.97 Å². The highest BCUT2D eigenvalue weighted by molar-refractivity contribution is 5.30. The molecule has 1 aromatic rings. The number of hydrogen-bond donors (Lipinski definition) is 1. The van der Waals surface area contributed by atoms with Crippen LogP contribution < -0.4 is 5.32 Å². The Morgan fingerprint density at radius 2 is 2.05 bits per heavy atom. The maximum absolute atomic E-state index is 4.91. The largest absolute Gasteiger partial charge is 0.317 e. The number of nitrogens with one attached hydrogen (secondary N) is 1. The fourth-order valence-electron chi connectivity index (χ4n) is 3.47. The Morgan fingerprint density at radius 3 is 2.70 bits per heavy atom. The van der Waals surface area contributed by atoms with Crippen LogP contribution in [0.5, 0.6) is 0 Å². The molecule has 2 aliphatic carbocycles. The van der Waals surface area contributed by atoms with Gasteiger partial charge in [0, 0.05) is 17.3 Å². The van der Waals surface area contributed by atoms with Crippen molar-refractivity contribution >= 4 is 0 Å². The van der Waals surface area contributed by atoms with E-state index in [1.54, 1.807) is 0 Å². The summed E-state index contributed by atoms with van der Waals surface area (Å²) in [6.07, 6.45) is 4.80. The van der Waals surface area contributed by atoms with Gasteiger partial charge < -0.3 is 5.32 Å². The summed E-state index contributed by atoms with van der Waals surface area (Å²) < 4.78 is 0. The molecule has 2 aliphatic rings. The van der Waals surface area contributed by atoms with Crippen LogP contribution in [-0.4, -0.2) is 23.1 Å². The van der Waals surface area contributed by atoms with Crippen LogP contribution in [0.4, 0.5) is 0 Å². The van der Waals surface area contributed by atoms with Gasteiger partial charge in [-0.2, -0.15) is 0 Å². The first-order chi connectivity index (χ1) is 9.51. The highest BCUT2D eigenvalue weighted by Gasteiger charge is 2.48. The lowest BCUT2D eigenvalue weighted by atomic mass is 9.85. The molecule has 0 aliphatic heterocycles. The lowest BCUT2D eigenvalue weighted by Crippen LogP contribution is -2.28. The Bertz CT molecular complexity index is 507. The van der Waals surface area contributed by atoms with E-state index in [0.29, 0.717) is 11.3 Å². The molecular formula is C17H27N3. The first kappa shape index (κ1) is 14.0. The molecule has 2 unspecified atom stereocenters. The zero-order valence-electron chi connectivity index (χ0n) is 13.3. The molecule has 1 saturated carbocycles. The minimum Gasteiger partial charge on any atom is -0.317 e. The molecule has 0 amide bonds. The molecule has 1 fully saturated rings. The van der Waals surface area contributed by atoms with Gasteiger partial charge in [0.2, 0.25) is 0 Å². The van der Waals surface area contributed by atoms with Gasteiger partial charge in [0.1, 0.15) is 5.82 Å². The van der Waals surface area contributed by atoms with Crippen molar-refractivity contribution in [2.75, 3.05) is 13.1 Å². The predicted octanol–water partition coefficient (Wildman–Crippen LogP) is 3.01. The minimum absolute atomic E-state index is 0.420. The first-order valence-corrected chi connectivity index (χ1v) is 8.08. The molecule has 1 N–H and O–H groups in total. The van der Waals surface area contributed by atoms with E-state index in [9.17, 15) is 0 Å². The number of nitrogens with zero attached hydrogens (tertiary/aromatic N) is 2. The molecule has 20 heavy (non-hydrogen) atoms. The van der Waals surface area contributed by atoms with Crippen molar-refractivity contribution in [1.29, 1.82) is 0 Å². The monoisotopic (exact) mass is 273 g/mol. The van der Waals surface area contributed by atoms with Gasteiger partial charge >= 0.3 is 0 Å². The summed E-state index contributed by atoms with van der Waals surface area (Å²) in [5.74, 6) is 2.45. The molecule has 0 bridgehead atoms. The quantitative estimate of drug-likeness (QED) is 0.916. The van der Waals surface area contributed by atoms with Crippen LogP contribution in [0.25, 0.3) is 0 Å². The van der Waals surface area contributed by atoms with Crippen LogP contribution in [0.15, 0.2) is 0 Å². The standard InChI is InChI=1S/C17H27N3/c1-5-18-10-12-6-7-15-13(8-12)11(2)19-16(20-15)14-9-17(14,3)4/h12,14,18H,5-10H2,1-4H3. The number of aromatic nitrogens is 2. The van der Waals surface area contributed by atoms with E-state index in [0.717, 1.165) is 37.7 Å². The van der Waals surface area contributed by atoms with Crippen molar-refractivity contribution in [3.63, 3.8) is 0 Å². The van der Waals surface area contributed by atoms with Crippen molar-refractivity contribution in [3.8, 4) is 0 Å². The van der Waals surface area contributed by atoms with Crippen LogP contribution in [0.2, 0.25) is 0 Å². The molecule has 3 heteroatoms. The molecular weight excluding hydrogens is 246 g/mol. The van der Waals surface area contributed by atoms with Gasteiger partial charge in [-0.05, 0) is 62.6 Å². The Balaban J connectivity index is 1.79. The third-order valence-corrected chi connectivity index (χ3v) is 5.11. The fourth-order valence-corrected chi connectivity index (χ4v) is 3.47. The number of hydrogen-bond acceptors (Lipinski definition) is 3. The Labute approximate surface area is 122 Å². The van der Waals surface area contributed by atoms with Gasteiger partial charge in [0.05, 0.1) is 0 Å². The van der Waals surface area contributed by atoms with Gasteiger partial charge in [-0.15, -0.1) is 0 Å². The number of fused-ring (bicyclic) bond motifs is 1. The van der Waals surface area contributed by atoms with E-state index in [-0.39, 0.29) is 0 Å². The van der Waals surface area contributed by atoms with Crippen molar-refractivity contribution in [1.82, 2.24) is 15.3 Å². The number of aryl methyl sites for hydroxylation is 2. The Morgan fingerprint density at radius 1 is 1.30 bits per heavy atom. The second-order valence-electron chi connectivity index (χ2n) is 7.25. The molecule has 2 atom stereocenters. The van der Waals surface area contributed by atoms with Crippen LogP contribution in [0.1, 0.15) is 62.3 Å². The van der Waals surface area contributed by atoms with Gasteiger partial charge in [0.15, 0.2) is 0 Å². The van der Waals surface area contributed by atoms with E-state index in [1.807, 2.05) is 0 Å². The second kappa shape index (κ2) is 5.10. The van der Waals surface area contributed by atoms with Crippen molar-refractivity contribution < 1.29 is 0 Å². The predicted molar refractivity (Wildman–Crippen MR) is 82.0 cm³/mol. The Kier molecular flexibility index (Phi) is 3.57. The SMILES string of the molecule is CCNCC1CCc2nc(C3CC3(C)C)nc(C)c2C1. The summed E-state index contributed by atoms with van der Waals surface area (Å²) in [5.41, 5.74) is 4.42. The van der Waals surface area contributed by atoms with E-state index in [1.165, 1.54) is 29.8 Å². The molecule has 0 radical (unpaired) electrons. The van der Waals surface area contributed by atoms with Gasteiger partial charge in [-0.1, -0.05) is 20.8 Å². The van der Waals surface area contributed by atoms with Crippen LogP contribution >= 0.6 is 0 Å². The zero-order chi connectivity index (χ0) is 14.3. The Hall–Kier alpha value is -0.960. The average molecular weight is 273 g/mol. The molecule has 110 valence electrons. The average Bonchev–Trinajstić information content (AvgIpc) is 3.05. The van der Waals surface area contributed by atoms with Crippen LogP contribution in [0, 0.1) is 18.3 Å². The maximum Gasteiger partial charge on any atom is 0.132 e. The zero-order valence-corrected chi connectivity index (χ0v) is 13.3. The third-order valence-electron chi connectivity index (χ3n) is 5.11.